The third-order valence-electron chi connectivity index (χ3n) is 2.53. The molecule has 0 rings (SSSR count). The molecule has 0 fully saturated rings. The highest BCUT2D eigenvalue weighted by Gasteiger charge is 2.22. The van der Waals surface area contributed by atoms with Gasteiger partial charge in [-0.2, -0.15) is 0 Å². The summed E-state index contributed by atoms with van der Waals surface area (Å²) in [4.78, 5) is 34.7. The zero-order valence-electron chi connectivity index (χ0n) is 11.0. The summed E-state index contributed by atoms with van der Waals surface area (Å²) in [5.41, 5.74) is 4.94. The number of urea groups is 1. The number of aliphatic carboxylic acids is 1. The van der Waals surface area contributed by atoms with Gasteiger partial charge in [0.15, 0.2) is 0 Å². The molecule has 0 aliphatic rings. The van der Waals surface area contributed by atoms with Gasteiger partial charge in [-0.15, -0.1) is 0 Å². The lowest BCUT2D eigenvalue weighted by Gasteiger charge is -2.23. The van der Waals surface area contributed by atoms with Gasteiger partial charge < -0.3 is 26.2 Å². The highest BCUT2D eigenvalue weighted by atomic mass is 16.4. The van der Waals surface area contributed by atoms with Crippen LogP contribution in [0.3, 0.4) is 0 Å². The Morgan fingerprint density at radius 3 is 2.42 bits per heavy atom. The van der Waals surface area contributed by atoms with Gasteiger partial charge in [0.1, 0.15) is 6.04 Å². The van der Waals surface area contributed by atoms with E-state index in [2.05, 4.69) is 5.32 Å². The normalized spacial score (nSPS) is 11.7. The summed E-state index contributed by atoms with van der Waals surface area (Å²) in [5, 5.41) is 20.0. The van der Waals surface area contributed by atoms with E-state index in [-0.39, 0.29) is 19.4 Å². The monoisotopic (exact) mass is 275 g/mol. The van der Waals surface area contributed by atoms with Gasteiger partial charge in [0, 0.05) is 26.1 Å². The van der Waals surface area contributed by atoms with E-state index in [9.17, 15) is 14.4 Å². The summed E-state index contributed by atoms with van der Waals surface area (Å²) in [7, 11) is 0. The number of primary amides is 1. The molecule has 0 saturated heterocycles. The maximum absolute atomic E-state index is 11.8. The lowest BCUT2D eigenvalue weighted by atomic mass is 10.1. The topological polar surface area (TPSA) is 133 Å². The minimum atomic E-state index is -1.21. The minimum Gasteiger partial charge on any atom is -0.480 e. The minimum absolute atomic E-state index is 0.0477. The van der Waals surface area contributed by atoms with Gasteiger partial charge in [0.05, 0.1) is 0 Å². The summed E-state index contributed by atoms with van der Waals surface area (Å²) in [6.07, 6.45) is 0.258. The van der Waals surface area contributed by atoms with E-state index in [0.29, 0.717) is 19.5 Å². The maximum Gasteiger partial charge on any atom is 0.326 e. The summed E-state index contributed by atoms with van der Waals surface area (Å²) < 4.78 is 0. The predicted molar refractivity (Wildman–Crippen MR) is 67.3 cm³/mol. The van der Waals surface area contributed by atoms with E-state index >= 15 is 0 Å². The van der Waals surface area contributed by atoms with E-state index in [1.54, 1.807) is 6.92 Å². The molecule has 3 amide bonds. The smallest absolute Gasteiger partial charge is 0.326 e. The Bertz CT molecular complexity index is 321. The van der Waals surface area contributed by atoms with E-state index < -0.39 is 23.9 Å². The van der Waals surface area contributed by atoms with E-state index in [1.807, 2.05) is 0 Å². The van der Waals surface area contributed by atoms with Gasteiger partial charge in [-0.1, -0.05) is 0 Å². The molecule has 0 bridgehead atoms. The van der Waals surface area contributed by atoms with Crippen molar-refractivity contribution in [2.75, 3.05) is 19.7 Å². The van der Waals surface area contributed by atoms with Crippen molar-refractivity contribution in [2.24, 2.45) is 5.73 Å². The fraction of sp³-hybridized carbons (Fsp3) is 0.727. The number of hydrogen-bond acceptors (Lipinski definition) is 4. The third-order valence-corrected chi connectivity index (χ3v) is 2.53. The van der Waals surface area contributed by atoms with Crippen molar-refractivity contribution >= 4 is 17.9 Å². The van der Waals surface area contributed by atoms with Gasteiger partial charge >= 0.3 is 12.0 Å². The van der Waals surface area contributed by atoms with E-state index in [0.717, 1.165) is 0 Å². The van der Waals surface area contributed by atoms with Crippen LogP contribution in [0.4, 0.5) is 4.79 Å². The van der Waals surface area contributed by atoms with Crippen LogP contribution in [0.15, 0.2) is 0 Å². The molecular formula is C11H21N3O5. The Hall–Kier alpha value is -1.83. The first-order valence-electron chi connectivity index (χ1n) is 6.09. The molecular weight excluding hydrogens is 254 g/mol. The Morgan fingerprint density at radius 1 is 1.37 bits per heavy atom. The maximum atomic E-state index is 11.8. The number of hydrogen-bond donors (Lipinski definition) is 4. The molecule has 0 aromatic carbocycles. The van der Waals surface area contributed by atoms with Gasteiger partial charge in [0.25, 0.3) is 0 Å². The number of carboxylic acids is 1. The van der Waals surface area contributed by atoms with Crippen LogP contribution in [0, 0.1) is 0 Å². The fourth-order valence-electron chi connectivity index (χ4n) is 1.45. The van der Waals surface area contributed by atoms with Crippen LogP contribution in [0.5, 0.6) is 0 Å². The highest BCUT2D eigenvalue weighted by molar-refractivity contribution is 5.83. The Morgan fingerprint density at radius 2 is 2.00 bits per heavy atom. The molecule has 1 atom stereocenters. The summed E-state index contributed by atoms with van der Waals surface area (Å²) >= 11 is 0. The second kappa shape index (κ2) is 9.15. The molecule has 110 valence electrons. The number of carboxylic acid groups (broad SMARTS) is 1. The molecule has 0 radical (unpaired) electrons. The van der Waals surface area contributed by atoms with Crippen LogP contribution in [0.25, 0.3) is 0 Å². The first-order chi connectivity index (χ1) is 8.92. The van der Waals surface area contributed by atoms with Crippen LogP contribution in [-0.2, 0) is 9.59 Å². The molecule has 0 spiro atoms. The molecule has 5 N–H and O–H groups in total. The van der Waals surface area contributed by atoms with Crippen LogP contribution in [0.1, 0.15) is 26.2 Å². The summed E-state index contributed by atoms with van der Waals surface area (Å²) in [5.74, 6) is -1.83. The van der Waals surface area contributed by atoms with Gasteiger partial charge in [-0.3, -0.25) is 4.79 Å². The average molecular weight is 275 g/mol. The third kappa shape index (κ3) is 7.24. The number of amides is 3. The molecule has 8 nitrogen and oxygen atoms in total. The first-order valence-corrected chi connectivity index (χ1v) is 6.09. The SMILES string of the molecule is CCN(CCCO)C(=O)N[C@H](CCC(N)=O)C(=O)O. The zero-order chi connectivity index (χ0) is 14.8. The van der Waals surface area contributed by atoms with Crippen molar-refractivity contribution in [1.29, 1.82) is 0 Å². The van der Waals surface area contributed by atoms with Crippen molar-refractivity contribution in [1.82, 2.24) is 10.2 Å². The highest BCUT2D eigenvalue weighted by Crippen LogP contribution is 2.00. The van der Waals surface area contributed by atoms with Gasteiger partial charge in [-0.05, 0) is 19.8 Å². The molecule has 19 heavy (non-hydrogen) atoms. The van der Waals surface area contributed by atoms with Crippen molar-refractivity contribution in [3.63, 3.8) is 0 Å². The molecule has 0 saturated carbocycles. The van der Waals surface area contributed by atoms with Crippen LogP contribution < -0.4 is 11.1 Å². The molecule has 0 aromatic heterocycles. The number of nitrogens with two attached hydrogens (primary N) is 1. The molecule has 0 aliphatic heterocycles. The van der Waals surface area contributed by atoms with E-state index in [4.69, 9.17) is 15.9 Å². The Balaban J connectivity index is 4.42. The molecule has 0 heterocycles. The molecule has 0 aromatic rings. The second-order valence-corrected chi connectivity index (χ2v) is 4.00. The molecule has 0 aliphatic carbocycles. The second-order valence-electron chi connectivity index (χ2n) is 4.00. The van der Waals surface area contributed by atoms with Crippen molar-refractivity contribution in [3.05, 3.63) is 0 Å². The molecule has 0 unspecified atom stereocenters. The first kappa shape index (κ1) is 17.2. The zero-order valence-corrected chi connectivity index (χ0v) is 11.0. The number of carbonyl (C=O) groups is 3. The predicted octanol–water partition coefficient (Wildman–Crippen LogP) is -0.881. The number of rotatable bonds is 9. The summed E-state index contributed by atoms with van der Waals surface area (Å²) in [6.45, 7) is 2.43. The fourth-order valence-corrected chi connectivity index (χ4v) is 1.45. The van der Waals surface area contributed by atoms with Gasteiger partial charge in [-0.25, -0.2) is 9.59 Å². The number of aliphatic hydroxyl groups excluding tert-OH is 1. The van der Waals surface area contributed by atoms with Crippen molar-refractivity contribution < 1.29 is 24.6 Å². The number of nitrogens with one attached hydrogen (secondary N) is 1. The van der Waals surface area contributed by atoms with Crippen molar-refractivity contribution in [2.45, 2.75) is 32.2 Å². The van der Waals surface area contributed by atoms with E-state index in [1.165, 1.54) is 4.90 Å². The number of carbonyl (C=O) groups excluding carboxylic acids is 2. The van der Waals surface area contributed by atoms with Crippen LogP contribution in [0.2, 0.25) is 0 Å². The standard InChI is InChI=1S/C11H21N3O5/c1-2-14(6-3-7-15)11(19)13-8(10(17)18)4-5-9(12)16/h8,15H,2-7H2,1H3,(H2,12,16)(H,13,19)(H,17,18)/t8-/m1/s1. The molecule has 8 heteroatoms. The lowest BCUT2D eigenvalue weighted by molar-refractivity contribution is -0.139. The van der Waals surface area contributed by atoms with Crippen LogP contribution in [-0.4, -0.2) is 58.8 Å². The largest absolute Gasteiger partial charge is 0.480 e. The number of nitrogens with zero attached hydrogens (tertiary/aromatic N) is 1. The number of aliphatic hydroxyl groups is 1. The van der Waals surface area contributed by atoms with Crippen molar-refractivity contribution in [3.8, 4) is 0 Å². The Labute approximate surface area is 111 Å². The average Bonchev–Trinajstić information content (AvgIpc) is 2.34. The Kier molecular flexibility index (Phi) is 8.27. The quantitative estimate of drug-likeness (QED) is 0.433. The lowest BCUT2D eigenvalue weighted by Crippen LogP contribution is -2.48. The summed E-state index contributed by atoms with van der Waals surface area (Å²) in [6, 6.07) is -1.68. The van der Waals surface area contributed by atoms with Crippen LogP contribution >= 0.6 is 0 Å². The van der Waals surface area contributed by atoms with Gasteiger partial charge in [0.2, 0.25) is 5.91 Å².